The lowest BCUT2D eigenvalue weighted by Crippen LogP contribution is -2.35. The third-order valence-electron chi connectivity index (χ3n) is 2.42. The van der Waals surface area contributed by atoms with E-state index in [0.29, 0.717) is 12.8 Å². The van der Waals surface area contributed by atoms with Gasteiger partial charge in [-0.1, -0.05) is 6.92 Å². The van der Waals surface area contributed by atoms with E-state index >= 15 is 0 Å². The van der Waals surface area contributed by atoms with Crippen molar-refractivity contribution in [1.82, 2.24) is 10.3 Å². The molecule has 0 aliphatic carbocycles. The van der Waals surface area contributed by atoms with E-state index in [1.807, 2.05) is 6.92 Å². The molecule has 3 N–H and O–H groups in total. The number of aromatic amines is 1. The van der Waals surface area contributed by atoms with Crippen molar-refractivity contribution in [3.63, 3.8) is 0 Å². The summed E-state index contributed by atoms with van der Waals surface area (Å²) < 4.78 is 0. The summed E-state index contributed by atoms with van der Waals surface area (Å²) in [6.45, 7) is 1.88. The maximum atomic E-state index is 11.7. The van der Waals surface area contributed by atoms with Crippen LogP contribution in [0.2, 0.25) is 0 Å². The number of hydrogen-bond donors (Lipinski definition) is 3. The summed E-state index contributed by atoms with van der Waals surface area (Å²) in [5.74, 6) is -0.622. The van der Waals surface area contributed by atoms with E-state index < -0.39 is 10.8 Å². The molecule has 1 heterocycles. The number of H-pyrrole nitrogens is 1. The lowest BCUT2D eigenvalue weighted by Gasteiger charge is -2.13. The van der Waals surface area contributed by atoms with Gasteiger partial charge in [-0.25, -0.2) is 4.98 Å². The summed E-state index contributed by atoms with van der Waals surface area (Å²) in [6, 6.07) is 2.47. The number of nitro groups is 1. The number of amides is 1. The van der Waals surface area contributed by atoms with Gasteiger partial charge in [0.2, 0.25) is 0 Å². The Balaban J connectivity index is 2.65. The smallest absolute Gasteiger partial charge is 0.321 e. The van der Waals surface area contributed by atoms with Crippen molar-refractivity contribution in [2.45, 2.75) is 25.8 Å². The number of nitrogens with zero attached hydrogens (tertiary/aromatic N) is 1. The Kier molecular flexibility index (Phi) is 4.65. The van der Waals surface area contributed by atoms with Crippen LogP contribution in [0.1, 0.15) is 30.3 Å². The first-order chi connectivity index (χ1) is 8.08. The maximum absolute atomic E-state index is 11.7. The Labute approximate surface area is 98.0 Å². The minimum Gasteiger partial charge on any atom is -0.396 e. The zero-order valence-corrected chi connectivity index (χ0v) is 9.47. The van der Waals surface area contributed by atoms with E-state index in [4.69, 9.17) is 5.11 Å². The molecule has 0 radical (unpaired) electrons. The third kappa shape index (κ3) is 3.56. The fraction of sp³-hybridized carbons (Fsp3) is 0.500. The Bertz CT molecular complexity index is 402. The van der Waals surface area contributed by atoms with Gasteiger partial charge in [-0.15, -0.1) is 0 Å². The Morgan fingerprint density at radius 2 is 2.35 bits per heavy atom. The van der Waals surface area contributed by atoms with E-state index in [-0.39, 0.29) is 24.2 Å². The number of aliphatic hydroxyl groups excluding tert-OH is 1. The molecule has 1 rings (SSSR count). The van der Waals surface area contributed by atoms with Crippen LogP contribution >= 0.6 is 0 Å². The quantitative estimate of drug-likeness (QED) is 0.506. The monoisotopic (exact) mass is 241 g/mol. The molecule has 1 aromatic rings. The van der Waals surface area contributed by atoms with Gasteiger partial charge in [-0.2, -0.15) is 0 Å². The average Bonchev–Trinajstić information content (AvgIpc) is 2.77. The number of aliphatic hydroxyl groups is 1. The van der Waals surface area contributed by atoms with Crippen LogP contribution in [0, 0.1) is 10.1 Å². The SMILES string of the molecule is CCC(CCO)NC(=O)c1ccc([N+](=O)[O-])[nH]1. The molecule has 0 saturated carbocycles. The zero-order chi connectivity index (χ0) is 12.8. The first kappa shape index (κ1) is 13.2. The maximum Gasteiger partial charge on any atom is 0.321 e. The summed E-state index contributed by atoms with van der Waals surface area (Å²) in [4.78, 5) is 23.9. The first-order valence-electron chi connectivity index (χ1n) is 5.33. The van der Waals surface area contributed by atoms with E-state index in [0.717, 1.165) is 0 Å². The Morgan fingerprint density at radius 1 is 1.65 bits per heavy atom. The molecule has 0 fully saturated rings. The molecule has 0 aliphatic rings. The van der Waals surface area contributed by atoms with Gasteiger partial charge in [0.15, 0.2) is 5.69 Å². The van der Waals surface area contributed by atoms with Crippen molar-refractivity contribution in [3.8, 4) is 0 Å². The number of carbonyl (C=O) groups excluding carboxylic acids is 1. The van der Waals surface area contributed by atoms with E-state index in [2.05, 4.69) is 10.3 Å². The van der Waals surface area contributed by atoms with Gasteiger partial charge in [-0.05, 0) is 23.8 Å². The van der Waals surface area contributed by atoms with Crippen LogP contribution in [-0.2, 0) is 0 Å². The molecule has 0 aliphatic heterocycles. The van der Waals surface area contributed by atoms with Crippen LogP contribution in [-0.4, -0.2) is 33.6 Å². The standard InChI is InChI=1S/C10H15N3O4/c1-2-7(5-6-14)11-10(15)8-3-4-9(12-8)13(16)17/h3-4,7,12,14H,2,5-6H2,1H3,(H,11,15). The van der Waals surface area contributed by atoms with E-state index in [1.165, 1.54) is 12.1 Å². The summed E-state index contributed by atoms with van der Waals surface area (Å²) in [5, 5.41) is 21.9. The molecule has 0 saturated heterocycles. The van der Waals surface area contributed by atoms with Crippen LogP contribution in [0.3, 0.4) is 0 Å². The topological polar surface area (TPSA) is 108 Å². The highest BCUT2D eigenvalue weighted by atomic mass is 16.6. The average molecular weight is 241 g/mol. The normalized spacial score (nSPS) is 12.1. The molecule has 1 aromatic heterocycles. The fourth-order valence-electron chi connectivity index (χ4n) is 1.42. The number of rotatable bonds is 6. The van der Waals surface area contributed by atoms with E-state index in [9.17, 15) is 14.9 Å². The van der Waals surface area contributed by atoms with Crippen molar-refractivity contribution in [2.24, 2.45) is 0 Å². The predicted molar refractivity (Wildman–Crippen MR) is 60.7 cm³/mol. The van der Waals surface area contributed by atoms with Crippen molar-refractivity contribution in [3.05, 3.63) is 27.9 Å². The number of hydrogen-bond acceptors (Lipinski definition) is 4. The zero-order valence-electron chi connectivity index (χ0n) is 9.47. The van der Waals surface area contributed by atoms with Crippen molar-refractivity contribution in [2.75, 3.05) is 6.61 Å². The summed E-state index contributed by atoms with van der Waals surface area (Å²) in [6.07, 6.45) is 1.15. The lowest BCUT2D eigenvalue weighted by atomic mass is 10.1. The summed E-state index contributed by atoms with van der Waals surface area (Å²) in [5.41, 5.74) is 0.146. The summed E-state index contributed by atoms with van der Waals surface area (Å²) >= 11 is 0. The molecule has 0 spiro atoms. The highest BCUT2D eigenvalue weighted by molar-refractivity contribution is 5.93. The minimum absolute atomic E-state index is 0.0103. The third-order valence-corrected chi connectivity index (χ3v) is 2.42. The Hall–Kier alpha value is -1.89. The molecular weight excluding hydrogens is 226 g/mol. The second kappa shape index (κ2) is 6.00. The second-order valence-corrected chi connectivity index (χ2v) is 3.61. The number of nitrogens with one attached hydrogen (secondary N) is 2. The fourth-order valence-corrected chi connectivity index (χ4v) is 1.42. The van der Waals surface area contributed by atoms with E-state index in [1.54, 1.807) is 0 Å². The predicted octanol–water partition coefficient (Wildman–Crippen LogP) is 0.814. The van der Waals surface area contributed by atoms with Gasteiger partial charge < -0.3 is 20.5 Å². The number of carbonyl (C=O) groups is 1. The lowest BCUT2D eigenvalue weighted by molar-refractivity contribution is -0.389. The van der Waals surface area contributed by atoms with Crippen molar-refractivity contribution >= 4 is 11.7 Å². The molecule has 7 nitrogen and oxygen atoms in total. The van der Waals surface area contributed by atoms with Gasteiger partial charge in [-0.3, -0.25) is 4.79 Å². The molecule has 94 valence electrons. The molecule has 1 atom stereocenters. The summed E-state index contributed by atoms with van der Waals surface area (Å²) in [7, 11) is 0. The van der Waals surface area contributed by atoms with Crippen LogP contribution in [0.4, 0.5) is 5.82 Å². The molecule has 7 heteroatoms. The highest BCUT2D eigenvalue weighted by Crippen LogP contribution is 2.10. The van der Waals surface area contributed by atoms with Crippen LogP contribution in [0.15, 0.2) is 12.1 Å². The van der Waals surface area contributed by atoms with Crippen LogP contribution in [0.25, 0.3) is 0 Å². The van der Waals surface area contributed by atoms with Crippen LogP contribution in [0.5, 0.6) is 0 Å². The van der Waals surface area contributed by atoms with Crippen molar-refractivity contribution in [1.29, 1.82) is 0 Å². The van der Waals surface area contributed by atoms with Crippen LogP contribution < -0.4 is 5.32 Å². The van der Waals surface area contributed by atoms with Gasteiger partial charge in [0, 0.05) is 18.7 Å². The minimum atomic E-state index is -0.595. The molecule has 17 heavy (non-hydrogen) atoms. The number of aromatic nitrogens is 1. The Morgan fingerprint density at radius 3 is 2.82 bits per heavy atom. The molecule has 1 amide bonds. The van der Waals surface area contributed by atoms with Gasteiger partial charge in [0.1, 0.15) is 0 Å². The van der Waals surface area contributed by atoms with Crippen molar-refractivity contribution < 1.29 is 14.8 Å². The highest BCUT2D eigenvalue weighted by Gasteiger charge is 2.17. The second-order valence-electron chi connectivity index (χ2n) is 3.61. The van der Waals surface area contributed by atoms with Gasteiger partial charge >= 0.3 is 5.82 Å². The van der Waals surface area contributed by atoms with Gasteiger partial charge in [0.25, 0.3) is 5.91 Å². The van der Waals surface area contributed by atoms with Gasteiger partial charge in [0.05, 0.1) is 0 Å². The molecule has 1 unspecified atom stereocenters. The molecule has 0 aromatic carbocycles. The largest absolute Gasteiger partial charge is 0.396 e. The molecule has 0 bridgehead atoms. The first-order valence-corrected chi connectivity index (χ1v) is 5.33. The molecular formula is C10H15N3O4.